The van der Waals surface area contributed by atoms with Gasteiger partial charge in [0.25, 0.3) is 5.91 Å². The molecule has 0 spiro atoms. The van der Waals surface area contributed by atoms with Gasteiger partial charge in [-0.15, -0.1) is 0 Å². The third-order valence-electron chi connectivity index (χ3n) is 3.47. The Morgan fingerprint density at radius 1 is 1.12 bits per heavy atom. The average Bonchev–Trinajstić information content (AvgIpc) is 2.94. The molecule has 2 aromatic rings. The van der Waals surface area contributed by atoms with E-state index >= 15 is 0 Å². The Labute approximate surface area is 160 Å². The summed E-state index contributed by atoms with van der Waals surface area (Å²) in [5, 5.41) is 10.7. The molecule has 0 unspecified atom stereocenters. The first kappa shape index (κ1) is 18.4. The average molecular weight is 389 g/mol. The van der Waals surface area contributed by atoms with Crippen LogP contribution in [0.15, 0.2) is 53.4 Å². The van der Waals surface area contributed by atoms with Crippen LogP contribution in [0.4, 0.5) is 0 Å². The number of nitrogens with one attached hydrogen (secondary N) is 2. The molecule has 2 N–H and O–H groups in total. The van der Waals surface area contributed by atoms with Gasteiger partial charge in [0.2, 0.25) is 0 Å². The normalized spacial score (nSPS) is 15.2. The van der Waals surface area contributed by atoms with Crippen molar-refractivity contribution < 1.29 is 14.3 Å². The molecule has 1 aliphatic heterocycles. The lowest BCUT2D eigenvalue weighted by molar-refractivity contribution is -0.115. The Morgan fingerprint density at radius 3 is 2.69 bits per heavy atom. The molecule has 1 saturated heterocycles. The molecule has 1 aliphatic rings. The van der Waals surface area contributed by atoms with Crippen LogP contribution in [0.3, 0.4) is 0 Å². The van der Waals surface area contributed by atoms with Gasteiger partial charge in [0.05, 0.1) is 23.1 Å². The van der Waals surface area contributed by atoms with Gasteiger partial charge in [0, 0.05) is 6.42 Å². The predicted molar refractivity (Wildman–Crippen MR) is 105 cm³/mol. The quantitative estimate of drug-likeness (QED) is 0.547. The number of hydrogen-bond acceptors (Lipinski definition) is 5. The van der Waals surface area contributed by atoms with Gasteiger partial charge in [0.1, 0.15) is 11.5 Å². The van der Waals surface area contributed by atoms with Crippen molar-refractivity contribution in [1.82, 2.24) is 5.32 Å². The lowest BCUT2D eigenvalue weighted by Crippen LogP contribution is -2.18. The van der Waals surface area contributed by atoms with Crippen molar-refractivity contribution in [3.05, 3.63) is 64.0 Å². The number of amidine groups is 1. The van der Waals surface area contributed by atoms with Gasteiger partial charge in [-0.2, -0.15) is 0 Å². The van der Waals surface area contributed by atoms with Gasteiger partial charge < -0.3 is 14.8 Å². The van der Waals surface area contributed by atoms with Crippen LogP contribution >= 0.6 is 23.4 Å². The second-order valence-corrected chi connectivity index (χ2v) is 6.91. The fourth-order valence-corrected chi connectivity index (χ4v) is 3.17. The highest BCUT2D eigenvalue weighted by Gasteiger charge is 2.22. The van der Waals surface area contributed by atoms with E-state index in [1.807, 2.05) is 42.5 Å². The van der Waals surface area contributed by atoms with E-state index in [4.69, 9.17) is 26.5 Å². The van der Waals surface area contributed by atoms with E-state index in [1.165, 1.54) is 0 Å². The summed E-state index contributed by atoms with van der Waals surface area (Å²) < 4.78 is 11.4. The Hall–Kier alpha value is -2.44. The molecule has 1 fully saturated rings. The van der Waals surface area contributed by atoms with Gasteiger partial charge in [-0.1, -0.05) is 35.9 Å². The molecule has 5 nitrogen and oxygen atoms in total. The van der Waals surface area contributed by atoms with Crippen LogP contribution in [-0.2, 0) is 4.79 Å². The minimum atomic E-state index is -0.247. The molecule has 1 heterocycles. The van der Waals surface area contributed by atoms with Crippen molar-refractivity contribution in [2.45, 2.75) is 6.42 Å². The van der Waals surface area contributed by atoms with Crippen LogP contribution in [0, 0.1) is 5.41 Å². The van der Waals surface area contributed by atoms with Crippen LogP contribution in [0.1, 0.15) is 12.0 Å². The van der Waals surface area contributed by atoms with Gasteiger partial charge >= 0.3 is 0 Å². The van der Waals surface area contributed by atoms with E-state index in [0.717, 1.165) is 23.1 Å². The van der Waals surface area contributed by atoms with Gasteiger partial charge in [-0.3, -0.25) is 10.2 Å². The molecule has 0 radical (unpaired) electrons. The van der Waals surface area contributed by atoms with E-state index in [1.54, 1.807) is 12.1 Å². The molecule has 2 aromatic carbocycles. The highest BCUT2D eigenvalue weighted by molar-refractivity contribution is 8.18. The number of para-hydroxylation sites is 1. The minimum absolute atomic E-state index is 0.146. The monoisotopic (exact) mass is 388 g/mol. The van der Waals surface area contributed by atoms with Crippen molar-refractivity contribution in [2.24, 2.45) is 0 Å². The molecule has 0 aliphatic carbocycles. The second-order valence-electron chi connectivity index (χ2n) is 5.45. The number of carbonyl (C=O) groups is 1. The molecule has 0 bridgehead atoms. The number of benzene rings is 2. The summed E-state index contributed by atoms with van der Waals surface area (Å²) in [6.07, 6.45) is 2.46. The first-order valence-corrected chi connectivity index (χ1v) is 9.21. The zero-order valence-electron chi connectivity index (χ0n) is 13.8. The van der Waals surface area contributed by atoms with E-state index in [-0.39, 0.29) is 11.1 Å². The first-order valence-electron chi connectivity index (χ1n) is 8.01. The van der Waals surface area contributed by atoms with Gasteiger partial charge in [-0.25, -0.2) is 0 Å². The lowest BCUT2D eigenvalue weighted by atomic mass is 10.2. The molecule has 0 aromatic heterocycles. The summed E-state index contributed by atoms with van der Waals surface area (Å²) in [6, 6.07) is 14.8. The Bertz CT molecular complexity index is 854. The second kappa shape index (κ2) is 8.78. The highest BCUT2D eigenvalue weighted by Crippen LogP contribution is 2.26. The van der Waals surface area contributed by atoms with Crippen molar-refractivity contribution >= 4 is 40.5 Å². The zero-order chi connectivity index (χ0) is 18.4. The first-order chi connectivity index (χ1) is 12.6. The Balaban J connectivity index is 1.48. The summed E-state index contributed by atoms with van der Waals surface area (Å²) >= 11 is 7.15. The van der Waals surface area contributed by atoms with Gasteiger partial charge in [-0.05, 0) is 47.7 Å². The summed E-state index contributed by atoms with van der Waals surface area (Å²) in [5.74, 6) is 1.14. The highest BCUT2D eigenvalue weighted by atomic mass is 35.5. The smallest absolute Gasteiger partial charge is 0.264 e. The van der Waals surface area contributed by atoms with Crippen molar-refractivity contribution in [3.8, 4) is 11.5 Å². The van der Waals surface area contributed by atoms with E-state index in [2.05, 4.69) is 5.32 Å². The van der Waals surface area contributed by atoms with E-state index in [9.17, 15) is 4.79 Å². The van der Waals surface area contributed by atoms with Crippen molar-refractivity contribution in [1.29, 1.82) is 5.41 Å². The molecule has 0 atom stereocenters. The molecule has 7 heteroatoms. The maximum atomic E-state index is 11.7. The Morgan fingerprint density at radius 2 is 1.92 bits per heavy atom. The van der Waals surface area contributed by atoms with Crippen LogP contribution in [-0.4, -0.2) is 24.3 Å². The third-order valence-corrected chi connectivity index (χ3v) is 4.61. The predicted octanol–water partition coefficient (Wildman–Crippen LogP) is 4.33. The molecule has 134 valence electrons. The maximum absolute atomic E-state index is 11.7. The SMILES string of the molecule is N=C1NC(=O)C(=Cc2cccc(OCCCOc3ccccc3Cl)c2)S1. The molecular weight excluding hydrogens is 372 g/mol. The Kier molecular flexibility index (Phi) is 6.20. The van der Waals surface area contributed by atoms with Crippen LogP contribution in [0.2, 0.25) is 5.02 Å². The number of thioether (sulfide) groups is 1. The number of ether oxygens (including phenoxy) is 2. The fourth-order valence-electron chi connectivity index (χ4n) is 2.28. The number of amides is 1. The largest absolute Gasteiger partial charge is 0.493 e. The van der Waals surface area contributed by atoms with Crippen LogP contribution in [0.25, 0.3) is 6.08 Å². The summed E-state index contributed by atoms with van der Waals surface area (Å²) in [6.45, 7) is 1.01. The fraction of sp³-hybridized carbons (Fsp3) is 0.158. The minimum Gasteiger partial charge on any atom is -0.493 e. The topological polar surface area (TPSA) is 71.4 Å². The van der Waals surface area contributed by atoms with Crippen LogP contribution < -0.4 is 14.8 Å². The van der Waals surface area contributed by atoms with Gasteiger partial charge in [0.15, 0.2) is 5.17 Å². The van der Waals surface area contributed by atoms with Crippen molar-refractivity contribution in [3.63, 3.8) is 0 Å². The third kappa shape index (κ3) is 5.03. The standard InChI is InChI=1S/C19H17ClN2O3S/c20-15-7-1-2-8-16(15)25-10-4-9-24-14-6-3-5-13(11-14)12-17-18(23)22-19(21)26-17/h1-3,5-8,11-12H,4,9-10H2,(H2,21,22,23). The van der Waals surface area contributed by atoms with Crippen LogP contribution in [0.5, 0.6) is 11.5 Å². The zero-order valence-corrected chi connectivity index (χ0v) is 15.4. The number of halogens is 1. The number of rotatable bonds is 7. The summed E-state index contributed by atoms with van der Waals surface area (Å²) in [5.41, 5.74) is 0.849. The number of hydrogen-bond donors (Lipinski definition) is 2. The maximum Gasteiger partial charge on any atom is 0.264 e. The summed E-state index contributed by atoms with van der Waals surface area (Å²) in [4.78, 5) is 12.2. The molecule has 1 amide bonds. The van der Waals surface area contributed by atoms with E-state index in [0.29, 0.717) is 35.3 Å². The lowest BCUT2D eigenvalue weighted by Gasteiger charge is -2.09. The molecule has 0 saturated carbocycles. The number of carbonyl (C=O) groups excluding carboxylic acids is 1. The molecule has 3 rings (SSSR count). The molecule has 26 heavy (non-hydrogen) atoms. The molecular formula is C19H17ClN2O3S. The van der Waals surface area contributed by atoms with E-state index < -0.39 is 0 Å². The van der Waals surface area contributed by atoms with Crippen molar-refractivity contribution in [2.75, 3.05) is 13.2 Å². The summed E-state index contributed by atoms with van der Waals surface area (Å²) in [7, 11) is 0.